The first-order chi connectivity index (χ1) is 7.28. The second-order valence-corrected chi connectivity index (χ2v) is 3.99. The molecular formula is C11H13NO3. The molecule has 3 rings (SSSR count). The Morgan fingerprint density at radius 2 is 1.87 bits per heavy atom. The highest BCUT2D eigenvalue weighted by Crippen LogP contribution is 2.35. The molecule has 1 fully saturated rings. The maximum absolute atomic E-state index is 10.1. The number of aliphatic hydroxyl groups is 1. The molecule has 2 heterocycles. The fraction of sp³-hybridized carbons (Fsp3) is 0.455. The molecule has 0 aromatic heterocycles. The lowest BCUT2D eigenvalue weighted by Gasteiger charge is -2.38. The summed E-state index contributed by atoms with van der Waals surface area (Å²) in [7, 11) is 0. The maximum atomic E-state index is 10.1. The van der Waals surface area contributed by atoms with Crippen LogP contribution in [0.25, 0.3) is 0 Å². The van der Waals surface area contributed by atoms with E-state index in [0.717, 1.165) is 17.1 Å². The Labute approximate surface area is 87.8 Å². The van der Waals surface area contributed by atoms with Gasteiger partial charge in [0.15, 0.2) is 11.5 Å². The zero-order valence-corrected chi connectivity index (χ0v) is 8.32. The topological polar surface area (TPSA) is 50.7 Å². The number of β-amino-alcohol motifs (C(OH)–C–C–N with tert-alkyl or cyclic N) is 1. The lowest BCUT2D eigenvalue weighted by Crippen LogP contribution is -2.56. The molecular weight excluding hydrogens is 194 g/mol. The van der Waals surface area contributed by atoms with Crippen molar-refractivity contribution in [1.29, 1.82) is 0 Å². The van der Waals surface area contributed by atoms with Crippen molar-refractivity contribution in [2.24, 2.45) is 0 Å². The van der Waals surface area contributed by atoms with E-state index >= 15 is 0 Å². The molecule has 15 heavy (non-hydrogen) atoms. The fourth-order valence-electron chi connectivity index (χ4n) is 1.90. The van der Waals surface area contributed by atoms with E-state index in [-0.39, 0.29) is 0 Å². The van der Waals surface area contributed by atoms with Gasteiger partial charge in [0, 0.05) is 13.1 Å². The predicted molar refractivity (Wildman–Crippen MR) is 54.2 cm³/mol. The van der Waals surface area contributed by atoms with Gasteiger partial charge in [-0.05, 0) is 17.7 Å². The van der Waals surface area contributed by atoms with Crippen LogP contribution in [0.2, 0.25) is 0 Å². The summed E-state index contributed by atoms with van der Waals surface area (Å²) >= 11 is 0. The molecule has 1 aromatic carbocycles. The Kier molecular flexibility index (Phi) is 1.87. The molecule has 2 N–H and O–H groups in total. The van der Waals surface area contributed by atoms with E-state index in [9.17, 15) is 5.11 Å². The second kappa shape index (κ2) is 3.12. The molecule has 2 aliphatic rings. The van der Waals surface area contributed by atoms with Crippen molar-refractivity contribution in [3.05, 3.63) is 23.8 Å². The molecule has 0 amide bonds. The standard InChI is InChI=1S/C11H13NO3/c13-11(6-12-7-11)8-1-2-9-10(5-8)15-4-3-14-9/h1-2,5,12-13H,3-4,6-7H2. The van der Waals surface area contributed by atoms with Crippen molar-refractivity contribution in [1.82, 2.24) is 5.32 Å². The third kappa shape index (κ3) is 1.37. The maximum Gasteiger partial charge on any atom is 0.161 e. The highest BCUT2D eigenvalue weighted by Gasteiger charge is 2.36. The third-order valence-electron chi connectivity index (χ3n) is 2.91. The van der Waals surface area contributed by atoms with E-state index in [1.54, 1.807) is 0 Å². The zero-order chi connectivity index (χ0) is 10.3. The van der Waals surface area contributed by atoms with E-state index in [2.05, 4.69) is 5.32 Å². The van der Waals surface area contributed by atoms with Crippen molar-refractivity contribution < 1.29 is 14.6 Å². The quantitative estimate of drug-likeness (QED) is 0.693. The number of fused-ring (bicyclic) bond motifs is 1. The molecule has 0 bridgehead atoms. The lowest BCUT2D eigenvalue weighted by molar-refractivity contribution is -0.0150. The number of rotatable bonds is 1. The van der Waals surface area contributed by atoms with Crippen molar-refractivity contribution in [3.63, 3.8) is 0 Å². The van der Waals surface area contributed by atoms with Gasteiger partial charge in [0.1, 0.15) is 18.8 Å². The van der Waals surface area contributed by atoms with Crippen LogP contribution >= 0.6 is 0 Å². The molecule has 0 spiro atoms. The molecule has 0 saturated carbocycles. The minimum atomic E-state index is -0.726. The Morgan fingerprint density at radius 1 is 1.13 bits per heavy atom. The van der Waals surface area contributed by atoms with Gasteiger partial charge in [-0.1, -0.05) is 6.07 Å². The minimum absolute atomic E-state index is 0.577. The first kappa shape index (κ1) is 9.00. The molecule has 1 saturated heterocycles. The van der Waals surface area contributed by atoms with Crippen LogP contribution in [0, 0.1) is 0 Å². The summed E-state index contributed by atoms with van der Waals surface area (Å²) in [4.78, 5) is 0. The fourth-order valence-corrected chi connectivity index (χ4v) is 1.90. The first-order valence-corrected chi connectivity index (χ1v) is 5.11. The van der Waals surface area contributed by atoms with Gasteiger partial charge in [0.25, 0.3) is 0 Å². The predicted octanol–water partition coefficient (Wildman–Crippen LogP) is 0.249. The van der Waals surface area contributed by atoms with Gasteiger partial charge in [-0.15, -0.1) is 0 Å². The van der Waals surface area contributed by atoms with Gasteiger partial charge >= 0.3 is 0 Å². The van der Waals surface area contributed by atoms with Crippen LogP contribution in [0.15, 0.2) is 18.2 Å². The minimum Gasteiger partial charge on any atom is -0.486 e. The number of hydrogen-bond donors (Lipinski definition) is 2. The normalized spacial score (nSPS) is 21.9. The van der Waals surface area contributed by atoms with E-state index < -0.39 is 5.60 Å². The average molecular weight is 207 g/mol. The van der Waals surface area contributed by atoms with Gasteiger partial charge in [-0.25, -0.2) is 0 Å². The molecule has 4 nitrogen and oxygen atoms in total. The highest BCUT2D eigenvalue weighted by molar-refractivity contribution is 5.46. The summed E-state index contributed by atoms with van der Waals surface area (Å²) in [6.45, 7) is 2.38. The number of nitrogens with one attached hydrogen (secondary N) is 1. The van der Waals surface area contributed by atoms with Crippen LogP contribution in [0.4, 0.5) is 0 Å². The van der Waals surface area contributed by atoms with E-state index in [1.165, 1.54) is 0 Å². The molecule has 2 aliphatic heterocycles. The van der Waals surface area contributed by atoms with Crippen molar-refractivity contribution in [3.8, 4) is 11.5 Å². The number of hydrogen-bond acceptors (Lipinski definition) is 4. The largest absolute Gasteiger partial charge is 0.486 e. The summed E-state index contributed by atoms with van der Waals surface area (Å²) in [6, 6.07) is 5.63. The second-order valence-electron chi connectivity index (χ2n) is 3.99. The van der Waals surface area contributed by atoms with Crippen molar-refractivity contribution >= 4 is 0 Å². The highest BCUT2D eigenvalue weighted by atomic mass is 16.6. The van der Waals surface area contributed by atoms with Crippen molar-refractivity contribution in [2.45, 2.75) is 5.60 Å². The molecule has 0 atom stereocenters. The summed E-state index contributed by atoms with van der Waals surface area (Å²) < 4.78 is 10.9. The third-order valence-corrected chi connectivity index (χ3v) is 2.91. The Bertz CT molecular complexity index is 387. The number of ether oxygens (including phenoxy) is 2. The number of benzene rings is 1. The monoisotopic (exact) mass is 207 g/mol. The summed E-state index contributed by atoms with van der Waals surface area (Å²) in [6.07, 6.45) is 0. The Balaban J connectivity index is 1.97. The molecule has 0 radical (unpaired) electrons. The van der Waals surface area contributed by atoms with Gasteiger partial charge in [0.05, 0.1) is 0 Å². The van der Waals surface area contributed by atoms with E-state index in [4.69, 9.17) is 9.47 Å². The lowest BCUT2D eigenvalue weighted by atomic mass is 9.88. The van der Waals surface area contributed by atoms with E-state index in [1.807, 2.05) is 18.2 Å². The van der Waals surface area contributed by atoms with Gasteiger partial charge in [-0.3, -0.25) is 0 Å². The van der Waals surface area contributed by atoms with Gasteiger partial charge in [-0.2, -0.15) is 0 Å². The molecule has 0 aliphatic carbocycles. The SMILES string of the molecule is OC1(c2ccc3c(c2)OCCO3)CNC1. The Hall–Kier alpha value is -1.26. The van der Waals surface area contributed by atoms with Crippen LogP contribution in [0.5, 0.6) is 11.5 Å². The van der Waals surface area contributed by atoms with Crippen LogP contribution in [-0.4, -0.2) is 31.4 Å². The average Bonchev–Trinajstić information content (AvgIpc) is 2.25. The molecule has 4 heteroatoms. The van der Waals surface area contributed by atoms with Crippen LogP contribution in [0.1, 0.15) is 5.56 Å². The summed E-state index contributed by atoms with van der Waals surface area (Å²) in [5.41, 5.74) is 0.168. The van der Waals surface area contributed by atoms with Crippen LogP contribution < -0.4 is 14.8 Å². The van der Waals surface area contributed by atoms with Crippen LogP contribution in [0.3, 0.4) is 0 Å². The summed E-state index contributed by atoms with van der Waals surface area (Å²) in [5.74, 6) is 1.50. The molecule has 1 aromatic rings. The van der Waals surface area contributed by atoms with Gasteiger partial charge in [0.2, 0.25) is 0 Å². The molecule has 0 unspecified atom stereocenters. The Morgan fingerprint density at radius 3 is 2.53 bits per heavy atom. The first-order valence-electron chi connectivity index (χ1n) is 5.11. The van der Waals surface area contributed by atoms with Crippen LogP contribution in [-0.2, 0) is 5.60 Å². The molecule has 80 valence electrons. The zero-order valence-electron chi connectivity index (χ0n) is 8.32. The van der Waals surface area contributed by atoms with E-state index in [0.29, 0.717) is 26.3 Å². The van der Waals surface area contributed by atoms with Gasteiger partial charge < -0.3 is 19.9 Å². The summed E-state index contributed by atoms with van der Waals surface area (Å²) in [5, 5.41) is 13.2. The van der Waals surface area contributed by atoms with Crippen molar-refractivity contribution in [2.75, 3.05) is 26.3 Å². The smallest absolute Gasteiger partial charge is 0.161 e.